The lowest BCUT2D eigenvalue weighted by Gasteiger charge is -2.07. The van der Waals surface area contributed by atoms with Gasteiger partial charge in [-0.25, -0.2) is 4.21 Å². The van der Waals surface area contributed by atoms with Crippen LogP contribution in [0.1, 0.15) is 0 Å². The van der Waals surface area contributed by atoms with Crippen molar-refractivity contribution in [3.63, 3.8) is 0 Å². The van der Waals surface area contributed by atoms with E-state index in [9.17, 15) is 19.4 Å². The van der Waals surface area contributed by atoms with E-state index in [0.717, 1.165) is 0 Å². The summed E-state index contributed by atoms with van der Waals surface area (Å²) in [5.41, 5.74) is 0.164. The van der Waals surface area contributed by atoms with Gasteiger partial charge in [0.25, 0.3) is 5.69 Å². The van der Waals surface area contributed by atoms with Gasteiger partial charge < -0.3 is 5.11 Å². The van der Waals surface area contributed by atoms with E-state index in [0.29, 0.717) is 5.69 Å². The number of non-ortho nitro benzene ring substituents is 1. The fourth-order valence-corrected chi connectivity index (χ4v) is 2.35. The van der Waals surface area contributed by atoms with E-state index < -0.39 is 15.9 Å². The molecule has 0 aliphatic rings. The molecule has 0 bridgehead atoms. The molecule has 1 unspecified atom stereocenters. The van der Waals surface area contributed by atoms with E-state index in [4.69, 9.17) is 0 Å². The van der Waals surface area contributed by atoms with Crippen LogP contribution in [0, 0.1) is 10.1 Å². The number of hydrogen-bond donors (Lipinski definition) is 2. The summed E-state index contributed by atoms with van der Waals surface area (Å²) in [6.07, 6.45) is 0. The highest BCUT2D eigenvalue weighted by Crippen LogP contribution is 2.24. The fourth-order valence-electron chi connectivity index (χ4n) is 1.43. The molecule has 0 radical (unpaired) electrons. The smallest absolute Gasteiger partial charge is 0.270 e. The van der Waals surface area contributed by atoms with Gasteiger partial charge >= 0.3 is 0 Å². The minimum absolute atomic E-state index is 0.0405. The summed E-state index contributed by atoms with van der Waals surface area (Å²) in [7, 11) is -1.69. The van der Waals surface area contributed by atoms with E-state index in [1.165, 1.54) is 30.3 Å². The van der Waals surface area contributed by atoms with Crippen LogP contribution < -0.4 is 4.72 Å². The number of phenolic OH excluding ortho intramolecular Hbond substituents is 1. The first kappa shape index (κ1) is 13.0. The quantitative estimate of drug-likeness (QED) is 0.510. The molecular formula is C12H10N2O4S. The summed E-state index contributed by atoms with van der Waals surface area (Å²) in [6, 6.07) is 11.8. The first-order valence-corrected chi connectivity index (χ1v) is 6.44. The van der Waals surface area contributed by atoms with Gasteiger partial charge in [0.2, 0.25) is 0 Å². The van der Waals surface area contributed by atoms with Crippen molar-refractivity contribution in [2.24, 2.45) is 0 Å². The van der Waals surface area contributed by atoms with Crippen LogP contribution in [-0.4, -0.2) is 14.2 Å². The average molecular weight is 278 g/mol. The van der Waals surface area contributed by atoms with Gasteiger partial charge in [0.1, 0.15) is 5.75 Å². The van der Waals surface area contributed by atoms with E-state index in [1.807, 2.05) is 0 Å². The number of anilines is 1. The molecule has 98 valence electrons. The molecule has 2 aromatic carbocycles. The number of para-hydroxylation sites is 2. The Hall–Kier alpha value is -2.41. The maximum atomic E-state index is 12.0. The molecule has 0 fully saturated rings. The lowest BCUT2D eigenvalue weighted by molar-refractivity contribution is -0.385. The Morgan fingerprint density at radius 1 is 1.16 bits per heavy atom. The zero-order chi connectivity index (χ0) is 13.8. The number of rotatable bonds is 4. The number of nitro groups is 1. The third kappa shape index (κ3) is 3.08. The number of aromatic hydroxyl groups is 1. The summed E-state index contributed by atoms with van der Waals surface area (Å²) in [5, 5.41) is 20.2. The highest BCUT2D eigenvalue weighted by molar-refractivity contribution is 7.86. The molecule has 1 atom stereocenters. The molecule has 2 aromatic rings. The Bertz CT molecular complexity index is 645. The second-order valence-corrected chi connectivity index (χ2v) is 4.86. The van der Waals surface area contributed by atoms with Gasteiger partial charge in [-0.2, -0.15) is 0 Å². The molecular weight excluding hydrogens is 268 g/mol. The van der Waals surface area contributed by atoms with Crippen LogP contribution in [0.4, 0.5) is 11.4 Å². The number of hydrogen-bond acceptors (Lipinski definition) is 4. The van der Waals surface area contributed by atoms with Crippen molar-refractivity contribution >= 4 is 22.4 Å². The van der Waals surface area contributed by atoms with Crippen molar-refractivity contribution in [3.8, 4) is 5.75 Å². The molecule has 2 rings (SSSR count). The predicted molar refractivity (Wildman–Crippen MR) is 71.2 cm³/mol. The molecule has 19 heavy (non-hydrogen) atoms. The molecule has 0 spiro atoms. The first-order valence-electron chi connectivity index (χ1n) is 5.29. The van der Waals surface area contributed by atoms with Crippen LogP contribution in [0.15, 0.2) is 53.4 Å². The largest absolute Gasteiger partial charge is 0.506 e. The van der Waals surface area contributed by atoms with Crippen LogP contribution in [0.25, 0.3) is 0 Å². The predicted octanol–water partition coefficient (Wildman–Crippen LogP) is 2.44. The first-order chi connectivity index (χ1) is 9.08. The summed E-state index contributed by atoms with van der Waals surface area (Å²) >= 11 is 0. The number of nitrogens with zero attached hydrogens (tertiary/aromatic N) is 1. The lowest BCUT2D eigenvalue weighted by atomic mass is 10.3. The highest BCUT2D eigenvalue weighted by atomic mass is 32.2. The van der Waals surface area contributed by atoms with Gasteiger partial charge in [-0.05, 0) is 18.2 Å². The Kier molecular flexibility index (Phi) is 3.76. The van der Waals surface area contributed by atoms with Crippen molar-refractivity contribution in [3.05, 3.63) is 58.6 Å². The highest BCUT2D eigenvalue weighted by Gasteiger charge is 2.11. The SMILES string of the molecule is O=[N+]([O-])c1cccc(S(=O)Nc2ccccc2O)c1. The average Bonchev–Trinajstić information content (AvgIpc) is 2.41. The van der Waals surface area contributed by atoms with Gasteiger partial charge in [-0.15, -0.1) is 0 Å². The Morgan fingerprint density at radius 2 is 1.89 bits per heavy atom. The monoisotopic (exact) mass is 278 g/mol. The normalized spacial score (nSPS) is 11.8. The van der Waals surface area contributed by atoms with E-state index in [-0.39, 0.29) is 16.3 Å². The second-order valence-electron chi connectivity index (χ2n) is 3.64. The molecule has 7 heteroatoms. The van der Waals surface area contributed by atoms with Gasteiger partial charge in [-0.3, -0.25) is 14.8 Å². The summed E-state index contributed by atoms with van der Waals surface area (Å²) in [6.45, 7) is 0. The van der Waals surface area contributed by atoms with Gasteiger partial charge in [0, 0.05) is 12.1 Å². The van der Waals surface area contributed by atoms with E-state index in [2.05, 4.69) is 4.72 Å². The van der Waals surface area contributed by atoms with Crippen molar-refractivity contribution in [2.45, 2.75) is 4.90 Å². The van der Waals surface area contributed by atoms with Crippen LogP contribution in [-0.2, 0) is 11.0 Å². The molecule has 0 aromatic heterocycles. The number of nitrogens with one attached hydrogen (secondary N) is 1. The zero-order valence-electron chi connectivity index (χ0n) is 9.65. The molecule has 2 N–H and O–H groups in total. The molecule has 0 saturated carbocycles. The molecule has 0 aliphatic heterocycles. The Balaban J connectivity index is 2.23. The molecule has 0 saturated heterocycles. The van der Waals surface area contributed by atoms with Crippen LogP contribution in [0.3, 0.4) is 0 Å². The van der Waals surface area contributed by atoms with Crippen LogP contribution >= 0.6 is 0 Å². The van der Waals surface area contributed by atoms with E-state index >= 15 is 0 Å². The molecule has 0 aliphatic carbocycles. The summed E-state index contributed by atoms with van der Waals surface area (Å²) in [4.78, 5) is 10.3. The van der Waals surface area contributed by atoms with Gasteiger partial charge in [-0.1, -0.05) is 18.2 Å². The Morgan fingerprint density at radius 3 is 2.58 bits per heavy atom. The zero-order valence-corrected chi connectivity index (χ0v) is 10.5. The maximum absolute atomic E-state index is 12.0. The van der Waals surface area contributed by atoms with Crippen molar-refractivity contribution in [1.29, 1.82) is 0 Å². The minimum atomic E-state index is -1.69. The topological polar surface area (TPSA) is 92.5 Å². The third-order valence-corrected chi connectivity index (χ3v) is 3.44. The van der Waals surface area contributed by atoms with Crippen molar-refractivity contribution < 1.29 is 14.2 Å². The summed E-state index contributed by atoms with van der Waals surface area (Å²) < 4.78 is 14.6. The van der Waals surface area contributed by atoms with Crippen LogP contribution in [0.5, 0.6) is 5.75 Å². The summed E-state index contributed by atoms with van der Waals surface area (Å²) in [5.74, 6) is -0.0405. The van der Waals surface area contributed by atoms with Crippen molar-refractivity contribution in [2.75, 3.05) is 4.72 Å². The number of benzene rings is 2. The standard InChI is InChI=1S/C12H10N2O4S/c15-12-7-2-1-6-11(12)13-19(18)10-5-3-4-9(8-10)14(16)17/h1-8,13,15H. The second kappa shape index (κ2) is 5.49. The fraction of sp³-hybridized carbons (Fsp3) is 0. The molecule has 0 amide bonds. The molecule has 6 nitrogen and oxygen atoms in total. The van der Waals surface area contributed by atoms with Gasteiger partial charge in [0.05, 0.1) is 15.5 Å². The lowest BCUT2D eigenvalue weighted by Crippen LogP contribution is -2.05. The van der Waals surface area contributed by atoms with E-state index in [1.54, 1.807) is 18.2 Å². The maximum Gasteiger partial charge on any atom is 0.270 e. The minimum Gasteiger partial charge on any atom is -0.506 e. The van der Waals surface area contributed by atoms with Crippen LogP contribution in [0.2, 0.25) is 0 Å². The Labute approximate surface area is 111 Å². The number of phenols is 1. The van der Waals surface area contributed by atoms with Crippen molar-refractivity contribution in [1.82, 2.24) is 0 Å². The molecule has 0 heterocycles. The third-order valence-electron chi connectivity index (χ3n) is 2.35. The number of nitro benzene ring substituents is 1. The van der Waals surface area contributed by atoms with Gasteiger partial charge in [0.15, 0.2) is 11.0 Å².